The molecular formula is C9H14NO4P. The fourth-order valence-corrected chi connectivity index (χ4v) is 1.18. The zero-order valence-electron chi connectivity index (χ0n) is 8.57. The minimum Gasteiger partial charge on any atom is -0.351 e. The highest BCUT2D eigenvalue weighted by atomic mass is 31.2. The topological polar surface area (TPSA) is 77.8 Å². The van der Waals surface area contributed by atoms with Crippen LogP contribution in [0.2, 0.25) is 0 Å². The normalized spacial score (nSPS) is 9.87. The first-order valence-corrected chi connectivity index (χ1v) is 5.72. The van der Waals surface area contributed by atoms with Gasteiger partial charge in [0.25, 0.3) is 0 Å². The molecule has 0 spiro atoms. The zero-order valence-corrected chi connectivity index (χ0v) is 9.46. The summed E-state index contributed by atoms with van der Waals surface area (Å²) in [6.07, 6.45) is 0.750. The van der Waals surface area contributed by atoms with Gasteiger partial charge in [-0.2, -0.15) is 0 Å². The molecule has 0 atom stereocenters. The SMILES string of the molecule is CN(C)C=O.O=P(O)(O)c1ccccc1. The molecule has 0 aromatic heterocycles. The van der Waals surface area contributed by atoms with Gasteiger partial charge in [0.15, 0.2) is 0 Å². The number of hydrogen-bond donors (Lipinski definition) is 2. The molecule has 0 bridgehead atoms. The van der Waals surface area contributed by atoms with Crippen LogP contribution in [0, 0.1) is 0 Å². The third-order valence-corrected chi connectivity index (χ3v) is 2.27. The summed E-state index contributed by atoms with van der Waals surface area (Å²) in [4.78, 5) is 28.1. The third kappa shape index (κ3) is 6.85. The average Bonchev–Trinajstić information content (AvgIpc) is 2.19. The lowest BCUT2D eigenvalue weighted by Gasteiger charge is -2.00. The molecule has 1 amide bonds. The Balaban J connectivity index is 0.000000336. The molecule has 5 nitrogen and oxygen atoms in total. The highest BCUT2D eigenvalue weighted by molar-refractivity contribution is 7.60. The number of carbonyl (C=O) groups is 1. The van der Waals surface area contributed by atoms with Crippen molar-refractivity contribution in [2.24, 2.45) is 0 Å². The van der Waals surface area contributed by atoms with Gasteiger partial charge >= 0.3 is 7.60 Å². The van der Waals surface area contributed by atoms with Gasteiger partial charge in [0, 0.05) is 14.1 Å². The number of amides is 1. The molecule has 84 valence electrons. The molecule has 0 aliphatic rings. The van der Waals surface area contributed by atoms with Crippen molar-refractivity contribution in [3.05, 3.63) is 30.3 Å². The van der Waals surface area contributed by atoms with E-state index in [4.69, 9.17) is 9.79 Å². The summed E-state index contributed by atoms with van der Waals surface area (Å²) in [6.45, 7) is 0. The Hall–Kier alpha value is -1.16. The van der Waals surface area contributed by atoms with Crippen LogP contribution in [0.15, 0.2) is 30.3 Å². The van der Waals surface area contributed by atoms with Crippen molar-refractivity contribution in [3.63, 3.8) is 0 Å². The summed E-state index contributed by atoms with van der Waals surface area (Å²) in [5.74, 6) is 0. The van der Waals surface area contributed by atoms with Gasteiger partial charge in [-0.25, -0.2) is 0 Å². The number of rotatable bonds is 2. The van der Waals surface area contributed by atoms with E-state index in [1.165, 1.54) is 17.0 Å². The lowest BCUT2D eigenvalue weighted by Crippen LogP contribution is -2.06. The summed E-state index contributed by atoms with van der Waals surface area (Å²) in [6, 6.07) is 7.70. The molecule has 1 aromatic carbocycles. The maximum Gasteiger partial charge on any atom is 0.356 e. The van der Waals surface area contributed by atoms with Crippen molar-refractivity contribution in [2.75, 3.05) is 14.1 Å². The summed E-state index contributed by atoms with van der Waals surface area (Å²) in [5, 5.41) is 0.0648. The van der Waals surface area contributed by atoms with Gasteiger partial charge in [-0.3, -0.25) is 9.36 Å². The van der Waals surface area contributed by atoms with Crippen LogP contribution >= 0.6 is 7.60 Å². The molecule has 0 heterocycles. The first-order valence-electron chi connectivity index (χ1n) is 4.11. The molecule has 1 rings (SSSR count). The maximum absolute atomic E-state index is 10.5. The highest BCUT2D eigenvalue weighted by Crippen LogP contribution is 2.32. The van der Waals surface area contributed by atoms with Gasteiger partial charge in [0.2, 0.25) is 6.41 Å². The van der Waals surface area contributed by atoms with Crippen LogP contribution in [0.1, 0.15) is 0 Å². The van der Waals surface area contributed by atoms with E-state index in [0.717, 1.165) is 6.41 Å². The number of nitrogens with zero attached hydrogens (tertiary/aromatic N) is 1. The predicted octanol–water partition coefficient (Wildman–Crippen LogP) is 0.194. The van der Waals surface area contributed by atoms with Crippen LogP contribution in [0.25, 0.3) is 0 Å². The van der Waals surface area contributed by atoms with Crippen molar-refractivity contribution in [1.29, 1.82) is 0 Å². The Morgan fingerprint density at radius 3 is 1.80 bits per heavy atom. The lowest BCUT2D eigenvalue weighted by molar-refractivity contribution is -0.115. The minimum absolute atomic E-state index is 0.0648. The van der Waals surface area contributed by atoms with Crippen molar-refractivity contribution in [3.8, 4) is 0 Å². The van der Waals surface area contributed by atoms with E-state index in [9.17, 15) is 9.36 Å². The van der Waals surface area contributed by atoms with E-state index in [1.807, 2.05) is 0 Å². The molecule has 0 saturated carbocycles. The van der Waals surface area contributed by atoms with Crippen LogP contribution in [0.5, 0.6) is 0 Å². The average molecular weight is 231 g/mol. The van der Waals surface area contributed by atoms with Gasteiger partial charge < -0.3 is 14.7 Å². The van der Waals surface area contributed by atoms with E-state index in [0.29, 0.717) is 0 Å². The Morgan fingerprint density at radius 1 is 1.20 bits per heavy atom. The van der Waals surface area contributed by atoms with Gasteiger partial charge in [-0.1, -0.05) is 18.2 Å². The Bertz CT molecular complexity index is 333. The molecular weight excluding hydrogens is 217 g/mol. The van der Waals surface area contributed by atoms with Crippen molar-refractivity contribution >= 4 is 19.3 Å². The van der Waals surface area contributed by atoms with Crippen LogP contribution < -0.4 is 5.30 Å². The lowest BCUT2D eigenvalue weighted by atomic mass is 10.4. The molecule has 0 unspecified atom stereocenters. The Kier molecular flexibility index (Phi) is 5.86. The quantitative estimate of drug-likeness (QED) is 0.562. The van der Waals surface area contributed by atoms with Crippen molar-refractivity contribution in [2.45, 2.75) is 0 Å². The predicted molar refractivity (Wildman–Crippen MR) is 57.9 cm³/mol. The largest absolute Gasteiger partial charge is 0.356 e. The smallest absolute Gasteiger partial charge is 0.351 e. The fraction of sp³-hybridized carbons (Fsp3) is 0.222. The number of carbonyl (C=O) groups excluding carboxylic acids is 1. The van der Waals surface area contributed by atoms with Crippen LogP contribution in [-0.4, -0.2) is 35.2 Å². The van der Waals surface area contributed by atoms with Crippen LogP contribution in [0.4, 0.5) is 0 Å². The zero-order chi connectivity index (χ0) is 11.9. The molecule has 0 aliphatic heterocycles. The molecule has 0 aliphatic carbocycles. The number of hydrogen-bond acceptors (Lipinski definition) is 2. The Labute approximate surface area is 88.5 Å². The van der Waals surface area contributed by atoms with Crippen molar-refractivity contribution in [1.82, 2.24) is 4.90 Å². The summed E-state index contributed by atoms with van der Waals surface area (Å²) < 4.78 is 10.5. The first-order chi connectivity index (χ1) is 6.88. The second-order valence-electron chi connectivity index (χ2n) is 2.95. The standard InChI is InChI=1S/C6H7O3P.C3H7NO/c7-10(8,9)6-4-2-1-3-5-6;1-4(2)3-5/h1-5H,(H2,7,8,9);3H,1-2H3. The molecule has 1 aromatic rings. The van der Waals surface area contributed by atoms with Crippen LogP contribution in [-0.2, 0) is 9.36 Å². The Morgan fingerprint density at radius 2 is 1.60 bits per heavy atom. The van der Waals surface area contributed by atoms with E-state index in [-0.39, 0.29) is 5.30 Å². The van der Waals surface area contributed by atoms with E-state index < -0.39 is 7.60 Å². The van der Waals surface area contributed by atoms with Crippen molar-refractivity contribution < 1.29 is 19.1 Å². The van der Waals surface area contributed by atoms with Crippen LogP contribution in [0.3, 0.4) is 0 Å². The molecule has 15 heavy (non-hydrogen) atoms. The second-order valence-corrected chi connectivity index (χ2v) is 4.55. The minimum atomic E-state index is -4.02. The molecule has 2 N–H and O–H groups in total. The maximum atomic E-state index is 10.5. The second kappa shape index (κ2) is 6.35. The summed E-state index contributed by atoms with van der Waals surface area (Å²) in [7, 11) is -0.643. The summed E-state index contributed by atoms with van der Waals surface area (Å²) >= 11 is 0. The molecule has 6 heteroatoms. The molecule has 0 radical (unpaired) electrons. The van der Waals surface area contributed by atoms with Gasteiger partial charge in [-0.15, -0.1) is 0 Å². The number of benzene rings is 1. The van der Waals surface area contributed by atoms with Gasteiger partial charge in [0.1, 0.15) is 0 Å². The molecule has 0 fully saturated rings. The van der Waals surface area contributed by atoms with E-state index in [1.54, 1.807) is 32.3 Å². The summed E-state index contributed by atoms with van der Waals surface area (Å²) in [5.41, 5.74) is 0. The highest BCUT2D eigenvalue weighted by Gasteiger charge is 2.14. The molecule has 0 saturated heterocycles. The first kappa shape index (κ1) is 13.8. The van der Waals surface area contributed by atoms with Gasteiger partial charge in [-0.05, 0) is 12.1 Å². The fourth-order valence-electron chi connectivity index (χ4n) is 0.622. The van der Waals surface area contributed by atoms with E-state index in [2.05, 4.69) is 0 Å². The van der Waals surface area contributed by atoms with Gasteiger partial charge in [0.05, 0.1) is 5.30 Å². The third-order valence-electron chi connectivity index (χ3n) is 1.30. The van der Waals surface area contributed by atoms with E-state index >= 15 is 0 Å². The monoisotopic (exact) mass is 231 g/mol.